The third-order valence-corrected chi connectivity index (χ3v) is 10.2. The summed E-state index contributed by atoms with van der Waals surface area (Å²) in [6.07, 6.45) is -2.00. The first-order valence-corrected chi connectivity index (χ1v) is 16.7. The summed E-state index contributed by atoms with van der Waals surface area (Å²) in [7, 11) is -2.55. The van der Waals surface area contributed by atoms with E-state index < -0.39 is 34.5 Å². The molecule has 2 fully saturated rings. The van der Waals surface area contributed by atoms with Crippen molar-refractivity contribution in [2.45, 2.75) is 69.6 Å². The highest BCUT2D eigenvalue weighted by Crippen LogP contribution is 2.36. The Kier molecular flexibility index (Phi) is 10.1. The van der Waals surface area contributed by atoms with Crippen LogP contribution in [-0.2, 0) is 35.4 Å². The van der Waals surface area contributed by atoms with Crippen molar-refractivity contribution in [1.82, 2.24) is 14.9 Å². The zero-order chi connectivity index (χ0) is 32.3. The number of amides is 2. The van der Waals surface area contributed by atoms with Gasteiger partial charge in [-0.05, 0) is 49.4 Å². The molecule has 2 aromatic rings. The maximum atomic E-state index is 14.1. The molecule has 0 aliphatic carbocycles. The SMILES string of the molecule is CNC(C)=C1C(=O)Nc2ccc(S(=O)(=O)N(CC(C)C)C(O)CC(Cc3ccccc3)NC(=O)OC3COC4OCCC34)cc21. The molecule has 0 radical (unpaired) electrons. The second-order valence-electron chi connectivity index (χ2n) is 12.1. The average Bonchev–Trinajstić information content (AvgIpc) is 3.70. The van der Waals surface area contributed by atoms with E-state index in [1.54, 1.807) is 20.0 Å². The fraction of sp³-hybridized carbons (Fsp3) is 0.500. The van der Waals surface area contributed by atoms with Crippen LogP contribution in [0.5, 0.6) is 0 Å². The van der Waals surface area contributed by atoms with E-state index >= 15 is 0 Å². The molecule has 5 atom stereocenters. The molecule has 3 aliphatic rings. The number of rotatable bonds is 12. The Hall–Kier alpha value is -3.49. The number of anilines is 1. The van der Waals surface area contributed by atoms with Crippen LogP contribution in [0.4, 0.5) is 10.5 Å². The fourth-order valence-electron chi connectivity index (χ4n) is 6.03. The summed E-state index contributed by atoms with van der Waals surface area (Å²) < 4.78 is 46.1. The minimum atomic E-state index is -4.24. The number of nitrogens with one attached hydrogen (secondary N) is 3. The normalized spacial score (nSPS) is 23.4. The minimum Gasteiger partial charge on any atom is -0.443 e. The molecule has 0 spiro atoms. The summed E-state index contributed by atoms with van der Waals surface area (Å²) >= 11 is 0. The lowest BCUT2D eigenvalue weighted by Gasteiger charge is -2.31. The van der Waals surface area contributed by atoms with Crippen molar-refractivity contribution in [3.05, 3.63) is 65.4 Å². The topological polar surface area (TPSA) is 156 Å². The van der Waals surface area contributed by atoms with Crippen LogP contribution in [0.15, 0.2) is 59.1 Å². The number of sulfonamides is 1. The quantitative estimate of drug-likeness (QED) is 0.202. The first-order valence-electron chi connectivity index (χ1n) is 15.3. The molecule has 3 aliphatic heterocycles. The maximum absolute atomic E-state index is 14.1. The lowest BCUT2D eigenvalue weighted by atomic mass is 10.0. The summed E-state index contributed by atoms with van der Waals surface area (Å²) in [4.78, 5) is 25.7. The Morgan fingerprint density at radius 3 is 2.64 bits per heavy atom. The van der Waals surface area contributed by atoms with Gasteiger partial charge in [-0.25, -0.2) is 13.2 Å². The Morgan fingerprint density at radius 2 is 1.93 bits per heavy atom. The van der Waals surface area contributed by atoms with E-state index in [1.165, 1.54) is 12.1 Å². The number of aliphatic hydroxyl groups is 1. The van der Waals surface area contributed by atoms with E-state index in [9.17, 15) is 23.1 Å². The van der Waals surface area contributed by atoms with Gasteiger partial charge in [-0.1, -0.05) is 44.2 Å². The number of allylic oxidation sites excluding steroid dienone is 1. The van der Waals surface area contributed by atoms with Gasteiger partial charge >= 0.3 is 6.09 Å². The minimum absolute atomic E-state index is 0.0288. The molecule has 12 nitrogen and oxygen atoms in total. The molecular formula is C32H42N4O8S. The van der Waals surface area contributed by atoms with Crippen LogP contribution in [0.25, 0.3) is 5.57 Å². The zero-order valence-electron chi connectivity index (χ0n) is 26.0. The zero-order valence-corrected chi connectivity index (χ0v) is 26.8. The first-order chi connectivity index (χ1) is 21.5. The van der Waals surface area contributed by atoms with Crippen molar-refractivity contribution in [2.75, 3.05) is 32.1 Å². The summed E-state index contributed by atoms with van der Waals surface area (Å²) in [6.45, 7) is 6.27. The van der Waals surface area contributed by atoms with Crippen molar-refractivity contribution in [3.63, 3.8) is 0 Å². The number of benzene rings is 2. The van der Waals surface area contributed by atoms with Gasteiger partial charge in [-0.3, -0.25) is 4.79 Å². The summed E-state index contributed by atoms with van der Waals surface area (Å²) in [5.41, 5.74) is 2.82. The van der Waals surface area contributed by atoms with E-state index in [-0.39, 0.29) is 48.5 Å². The van der Waals surface area contributed by atoms with Crippen LogP contribution in [0.2, 0.25) is 0 Å². The van der Waals surface area contributed by atoms with Crippen LogP contribution in [0.1, 0.15) is 44.7 Å². The number of hydrogen-bond acceptors (Lipinski definition) is 9. The molecule has 0 saturated carbocycles. The molecule has 5 unspecified atom stereocenters. The molecule has 2 amide bonds. The molecule has 0 bridgehead atoms. The van der Waals surface area contributed by atoms with Crippen molar-refractivity contribution >= 4 is 33.3 Å². The predicted octanol–water partition coefficient (Wildman–Crippen LogP) is 3.04. The summed E-state index contributed by atoms with van der Waals surface area (Å²) in [5, 5.41) is 20.2. The second-order valence-corrected chi connectivity index (χ2v) is 14.0. The van der Waals surface area contributed by atoms with Gasteiger partial charge in [0.05, 0.1) is 29.6 Å². The standard InChI is InChI=1S/C32H42N4O8S/c1-19(2)17-36(45(40,41)23-10-11-26-25(16-23)29(20(3)33-4)30(38)35-26)28(37)15-22(14-21-8-6-5-7-9-21)34-32(39)44-27-18-43-31-24(27)12-13-42-31/h5-11,16,19,22,24,27-28,31,33,37H,12-15,17-18H2,1-4H3,(H,34,39)(H,35,38). The monoisotopic (exact) mass is 642 g/mol. The van der Waals surface area contributed by atoms with Crippen LogP contribution in [0.3, 0.4) is 0 Å². The molecule has 13 heteroatoms. The van der Waals surface area contributed by atoms with Gasteiger partial charge in [0.1, 0.15) is 12.3 Å². The Bertz CT molecular complexity index is 1530. The number of carbonyl (C=O) groups excluding carboxylic acids is 2. The highest BCUT2D eigenvalue weighted by molar-refractivity contribution is 7.89. The lowest BCUT2D eigenvalue weighted by Crippen LogP contribution is -2.48. The Labute approximate surface area is 264 Å². The summed E-state index contributed by atoms with van der Waals surface area (Å²) in [6, 6.07) is 13.2. The van der Waals surface area contributed by atoms with E-state index in [4.69, 9.17) is 14.2 Å². The predicted molar refractivity (Wildman–Crippen MR) is 167 cm³/mol. The molecular weight excluding hydrogens is 600 g/mol. The first kappa shape index (κ1) is 32.9. The van der Waals surface area contributed by atoms with Crippen molar-refractivity contribution in [3.8, 4) is 0 Å². The van der Waals surface area contributed by atoms with Gasteiger partial charge in [-0.15, -0.1) is 0 Å². The van der Waals surface area contributed by atoms with Crippen LogP contribution in [0, 0.1) is 11.8 Å². The number of alkyl carbamates (subject to hydrolysis) is 1. The van der Waals surface area contributed by atoms with Gasteiger partial charge in [0, 0.05) is 43.0 Å². The second kappa shape index (κ2) is 13.9. The maximum Gasteiger partial charge on any atom is 0.407 e. The average molecular weight is 643 g/mol. The number of ether oxygens (including phenoxy) is 3. The van der Waals surface area contributed by atoms with Gasteiger partial charge in [-0.2, -0.15) is 4.31 Å². The number of nitrogens with zero attached hydrogens (tertiary/aromatic N) is 1. The van der Waals surface area contributed by atoms with Crippen LogP contribution >= 0.6 is 0 Å². The van der Waals surface area contributed by atoms with E-state index in [0.717, 1.165) is 16.3 Å². The molecule has 4 N–H and O–H groups in total. The van der Waals surface area contributed by atoms with Crippen molar-refractivity contribution in [1.29, 1.82) is 0 Å². The number of carbonyl (C=O) groups is 2. The molecule has 45 heavy (non-hydrogen) atoms. The highest BCUT2D eigenvalue weighted by atomic mass is 32.2. The molecule has 0 aromatic heterocycles. The van der Waals surface area contributed by atoms with Gasteiger partial charge in [0.25, 0.3) is 5.91 Å². The Morgan fingerprint density at radius 1 is 1.18 bits per heavy atom. The van der Waals surface area contributed by atoms with Crippen molar-refractivity contribution in [2.24, 2.45) is 11.8 Å². The van der Waals surface area contributed by atoms with Gasteiger partial charge < -0.3 is 35.3 Å². The van der Waals surface area contributed by atoms with E-state index in [0.29, 0.717) is 35.5 Å². The van der Waals surface area contributed by atoms with Gasteiger partial charge in [0.15, 0.2) is 6.29 Å². The summed E-state index contributed by atoms with van der Waals surface area (Å²) in [5.74, 6) is -0.485. The Balaban J connectivity index is 1.38. The highest BCUT2D eigenvalue weighted by Gasteiger charge is 2.44. The molecule has 2 aromatic carbocycles. The molecule has 244 valence electrons. The van der Waals surface area contributed by atoms with E-state index in [2.05, 4.69) is 16.0 Å². The molecule has 3 heterocycles. The van der Waals surface area contributed by atoms with Gasteiger partial charge in [0.2, 0.25) is 10.0 Å². The number of hydrogen-bond donors (Lipinski definition) is 4. The van der Waals surface area contributed by atoms with E-state index in [1.807, 2.05) is 44.2 Å². The number of fused-ring (bicyclic) bond motifs is 2. The lowest BCUT2D eigenvalue weighted by molar-refractivity contribution is -0.110. The van der Waals surface area contributed by atoms with Crippen LogP contribution < -0.4 is 16.0 Å². The van der Waals surface area contributed by atoms with Crippen LogP contribution in [-0.4, -0.2) is 81.3 Å². The fourth-order valence-corrected chi connectivity index (χ4v) is 7.71. The molecule has 2 saturated heterocycles. The number of aliphatic hydroxyl groups excluding tert-OH is 1. The molecule has 5 rings (SSSR count). The van der Waals surface area contributed by atoms with Crippen molar-refractivity contribution < 1.29 is 37.3 Å². The smallest absolute Gasteiger partial charge is 0.407 e. The third kappa shape index (κ3) is 7.33. The third-order valence-electron chi connectivity index (χ3n) is 8.36. The largest absolute Gasteiger partial charge is 0.443 e.